The minimum absolute atomic E-state index is 0.0435. The fraction of sp³-hybridized carbons (Fsp3) is 0.125. The average molecular weight is 361 g/mol. The number of nitrogens with zero attached hydrogens (tertiary/aromatic N) is 1. The van der Waals surface area contributed by atoms with E-state index in [1.807, 2.05) is 0 Å². The number of hydrogen-bond acceptors (Lipinski definition) is 6. The first-order chi connectivity index (χ1) is 12.0. The molecule has 0 bridgehead atoms. The molecule has 0 unspecified atom stereocenters. The minimum atomic E-state index is -3.99. The zero-order valence-corrected chi connectivity index (χ0v) is 14.0. The van der Waals surface area contributed by atoms with Gasteiger partial charge in [-0.1, -0.05) is 18.2 Å². The van der Waals surface area contributed by atoms with Crippen molar-refractivity contribution in [2.24, 2.45) is 0 Å². The van der Waals surface area contributed by atoms with Gasteiger partial charge in [0.25, 0.3) is 0 Å². The summed E-state index contributed by atoms with van der Waals surface area (Å²) in [6.07, 6.45) is -0.651. The van der Waals surface area contributed by atoms with E-state index in [1.165, 1.54) is 12.1 Å². The van der Waals surface area contributed by atoms with Crippen LogP contribution in [0.3, 0.4) is 0 Å². The van der Waals surface area contributed by atoms with Crippen LogP contribution >= 0.6 is 0 Å². The summed E-state index contributed by atoms with van der Waals surface area (Å²) >= 11 is 0. The molecule has 0 radical (unpaired) electrons. The molecular weight excluding hydrogens is 346 g/mol. The second-order valence-electron chi connectivity index (χ2n) is 4.96. The van der Waals surface area contributed by atoms with E-state index < -0.39 is 16.2 Å². The number of anilines is 1. The van der Waals surface area contributed by atoms with Crippen LogP contribution in [0, 0.1) is 0 Å². The summed E-state index contributed by atoms with van der Waals surface area (Å²) < 4.78 is 34.6. The summed E-state index contributed by atoms with van der Waals surface area (Å²) in [6.45, 7) is 1.91. The normalized spacial score (nSPS) is 11.2. The Kier molecular flexibility index (Phi) is 4.57. The highest BCUT2D eigenvalue weighted by Gasteiger charge is 2.18. The van der Waals surface area contributed by atoms with Gasteiger partial charge < -0.3 is 13.9 Å². The number of aromatic nitrogens is 2. The molecule has 1 amide bonds. The number of benzene rings is 2. The first-order valence-corrected chi connectivity index (χ1v) is 8.82. The first-order valence-electron chi connectivity index (χ1n) is 7.41. The van der Waals surface area contributed by atoms with Gasteiger partial charge in [0.2, 0.25) is 5.95 Å². The highest BCUT2D eigenvalue weighted by molar-refractivity contribution is 7.87. The Morgan fingerprint density at radius 1 is 1.20 bits per heavy atom. The number of para-hydroxylation sites is 1. The summed E-state index contributed by atoms with van der Waals surface area (Å²) in [5, 5.41) is 2.42. The molecule has 8 nitrogen and oxygen atoms in total. The third-order valence-electron chi connectivity index (χ3n) is 3.19. The average Bonchev–Trinajstić information content (AvgIpc) is 2.96. The molecule has 3 rings (SSSR count). The second kappa shape index (κ2) is 6.81. The highest BCUT2D eigenvalue weighted by atomic mass is 32.2. The molecule has 0 saturated heterocycles. The van der Waals surface area contributed by atoms with Crippen molar-refractivity contribution >= 4 is 33.2 Å². The Morgan fingerprint density at radius 2 is 1.96 bits per heavy atom. The smallest absolute Gasteiger partial charge is 0.413 e. The van der Waals surface area contributed by atoms with Gasteiger partial charge in [-0.05, 0) is 37.3 Å². The lowest BCUT2D eigenvalue weighted by Crippen LogP contribution is -2.14. The standard InChI is InChI=1S/C16H15N3O5S/c1-2-23-16(20)19-15-17-13-9-8-12(10-14(13)18-15)25(21,22)24-11-6-4-3-5-7-11/h3-10H,2H2,1H3,(H2,17,18,19,20). The minimum Gasteiger partial charge on any atom is -0.450 e. The van der Waals surface area contributed by atoms with E-state index in [4.69, 9.17) is 8.92 Å². The number of rotatable bonds is 5. The molecule has 0 saturated carbocycles. The van der Waals surface area contributed by atoms with Crippen LogP contribution in [-0.4, -0.2) is 31.1 Å². The Bertz CT molecular complexity index is 999. The number of imidazole rings is 1. The molecule has 9 heteroatoms. The first kappa shape index (κ1) is 16.8. The van der Waals surface area contributed by atoms with E-state index >= 15 is 0 Å². The zero-order valence-electron chi connectivity index (χ0n) is 13.2. The summed E-state index contributed by atoms with van der Waals surface area (Å²) in [5.41, 5.74) is 0.926. The molecule has 0 aliphatic rings. The number of amides is 1. The third-order valence-corrected chi connectivity index (χ3v) is 4.43. The van der Waals surface area contributed by atoms with Crippen LogP contribution in [0.5, 0.6) is 5.75 Å². The van der Waals surface area contributed by atoms with Gasteiger partial charge in [0.05, 0.1) is 17.6 Å². The number of nitrogens with one attached hydrogen (secondary N) is 2. The van der Waals surface area contributed by atoms with Gasteiger partial charge in [0.1, 0.15) is 10.6 Å². The molecule has 0 fully saturated rings. The van der Waals surface area contributed by atoms with E-state index in [1.54, 1.807) is 43.3 Å². The van der Waals surface area contributed by atoms with Gasteiger partial charge in [-0.3, -0.25) is 5.32 Å². The van der Waals surface area contributed by atoms with Crippen molar-refractivity contribution in [2.75, 3.05) is 11.9 Å². The number of aromatic amines is 1. The zero-order chi connectivity index (χ0) is 17.9. The predicted molar refractivity (Wildman–Crippen MR) is 91.0 cm³/mol. The predicted octanol–water partition coefficient (Wildman–Crippen LogP) is 2.90. The van der Waals surface area contributed by atoms with E-state index in [9.17, 15) is 13.2 Å². The number of carbonyl (C=O) groups is 1. The van der Waals surface area contributed by atoms with Crippen LogP contribution in [-0.2, 0) is 14.9 Å². The molecule has 1 heterocycles. The van der Waals surface area contributed by atoms with Crippen LogP contribution < -0.4 is 9.50 Å². The summed E-state index contributed by atoms with van der Waals surface area (Å²) in [7, 11) is -3.99. The van der Waals surface area contributed by atoms with Crippen molar-refractivity contribution in [3.8, 4) is 5.75 Å². The lowest BCUT2D eigenvalue weighted by atomic mass is 10.3. The van der Waals surface area contributed by atoms with Crippen molar-refractivity contribution in [3.63, 3.8) is 0 Å². The van der Waals surface area contributed by atoms with Gasteiger partial charge in [-0.15, -0.1) is 0 Å². The monoisotopic (exact) mass is 361 g/mol. The Hall–Kier alpha value is -3.07. The number of hydrogen-bond donors (Lipinski definition) is 2. The molecule has 2 aromatic carbocycles. The van der Waals surface area contributed by atoms with Crippen molar-refractivity contribution in [2.45, 2.75) is 11.8 Å². The molecule has 0 atom stereocenters. The fourth-order valence-electron chi connectivity index (χ4n) is 2.12. The van der Waals surface area contributed by atoms with Crippen LogP contribution in [0.2, 0.25) is 0 Å². The SMILES string of the molecule is CCOC(=O)Nc1nc2cc(S(=O)(=O)Oc3ccccc3)ccc2[nH]1. The molecule has 25 heavy (non-hydrogen) atoms. The highest BCUT2D eigenvalue weighted by Crippen LogP contribution is 2.22. The van der Waals surface area contributed by atoms with Crippen LogP contribution in [0.4, 0.5) is 10.7 Å². The van der Waals surface area contributed by atoms with Crippen molar-refractivity contribution in [1.82, 2.24) is 9.97 Å². The van der Waals surface area contributed by atoms with E-state index in [-0.39, 0.29) is 23.2 Å². The van der Waals surface area contributed by atoms with E-state index in [0.717, 1.165) is 0 Å². The van der Waals surface area contributed by atoms with Gasteiger partial charge in [0.15, 0.2) is 0 Å². The van der Waals surface area contributed by atoms with Crippen LogP contribution in [0.1, 0.15) is 6.92 Å². The second-order valence-corrected chi connectivity index (χ2v) is 6.51. The lowest BCUT2D eigenvalue weighted by molar-refractivity contribution is 0.167. The summed E-state index contributed by atoms with van der Waals surface area (Å²) in [6, 6.07) is 12.5. The maximum atomic E-state index is 12.4. The summed E-state index contributed by atoms with van der Waals surface area (Å²) in [4.78, 5) is 18.3. The molecule has 0 spiro atoms. The third kappa shape index (κ3) is 3.89. The van der Waals surface area contributed by atoms with Gasteiger partial charge in [0, 0.05) is 0 Å². The molecule has 1 aromatic heterocycles. The fourth-order valence-corrected chi connectivity index (χ4v) is 3.07. The largest absolute Gasteiger partial charge is 0.450 e. The van der Waals surface area contributed by atoms with Gasteiger partial charge >= 0.3 is 16.2 Å². The van der Waals surface area contributed by atoms with E-state index in [0.29, 0.717) is 11.0 Å². The summed E-state index contributed by atoms with van der Waals surface area (Å²) in [5.74, 6) is 0.376. The van der Waals surface area contributed by atoms with Crippen LogP contribution in [0.15, 0.2) is 53.4 Å². The van der Waals surface area contributed by atoms with Gasteiger partial charge in [-0.2, -0.15) is 8.42 Å². The molecule has 0 aliphatic carbocycles. The maximum absolute atomic E-state index is 12.4. The Morgan fingerprint density at radius 3 is 2.68 bits per heavy atom. The van der Waals surface area contributed by atoms with Crippen molar-refractivity contribution < 1.29 is 22.1 Å². The molecule has 2 N–H and O–H groups in total. The van der Waals surface area contributed by atoms with Crippen molar-refractivity contribution in [3.05, 3.63) is 48.5 Å². The molecule has 3 aromatic rings. The molecule has 0 aliphatic heterocycles. The Labute approximate surface area is 143 Å². The number of fused-ring (bicyclic) bond motifs is 1. The Balaban J connectivity index is 1.86. The van der Waals surface area contributed by atoms with Crippen molar-refractivity contribution in [1.29, 1.82) is 0 Å². The maximum Gasteiger partial charge on any atom is 0.413 e. The topological polar surface area (TPSA) is 110 Å². The lowest BCUT2D eigenvalue weighted by Gasteiger charge is -2.06. The number of carbonyl (C=O) groups excluding carboxylic acids is 1. The van der Waals surface area contributed by atoms with Gasteiger partial charge in [-0.25, -0.2) is 9.78 Å². The van der Waals surface area contributed by atoms with E-state index in [2.05, 4.69) is 15.3 Å². The van der Waals surface area contributed by atoms with Crippen LogP contribution in [0.25, 0.3) is 11.0 Å². The quantitative estimate of drug-likeness (QED) is 0.676. The molecule has 130 valence electrons. The number of ether oxygens (including phenoxy) is 1. The number of H-pyrrole nitrogens is 1. The molecular formula is C16H15N3O5S.